The first-order valence-electron chi connectivity index (χ1n) is 10.3. The predicted molar refractivity (Wildman–Crippen MR) is 93.6 cm³/mol. The van der Waals surface area contributed by atoms with Gasteiger partial charge >= 0.3 is 0 Å². The van der Waals surface area contributed by atoms with E-state index in [4.69, 9.17) is 4.74 Å². The molecule has 0 unspecified atom stereocenters. The van der Waals surface area contributed by atoms with E-state index in [0.717, 1.165) is 56.3 Å². The summed E-state index contributed by atoms with van der Waals surface area (Å²) in [5, 5.41) is 10.9. The normalized spacial score (nSPS) is 51.0. The van der Waals surface area contributed by atoms with Crippen LogP contribution < -0.4 is 0 Å². The molecular weight excluding hydrogens is 300 g/mol. The fourth-order valence-electron chi connectivity index (χ4n) is 7.16. The summed E-state index contributed by atoms with van der Waals surface area (Å²) in [4.78, 5) is 12.4. The average Bonchev–Trinajstić information content (AvgIpc) is 2.88. The maximum atomic E-state index is 12.4. The molecule has 3 heteroatoms. The summed E-state index contributed by atoms with van der Waals surface area (Å²) < 4.78 is 5.56. The second-order valence-corrected chi connectivity index (χ2v) is 9.46. The molecule has 4 fully saturated rings. The second kappa shape index (κ2) is 6.09. The van der Waals surface area contributed by atoms with Crippen LogP contribution in [0, 0.1) is 35.0 Å². The molecule has 0 aromatic carbocycles. The van der Waals surface area contributed by atoms with Crippen LogP contribution in [-0.4, -0.2) is 29.7 Å². The standard InChI is InChI=1S/C21H34O3/c1-3-24-13-21(23)11-9-15-14(12-21)4-5-17-16(15)8-10-20(2)18(17)6-7-19(20)22/h14-18,23H,3-13H2,1-2H3/t14-,15-,16+,17+,18-,20-,21+/m0/s1. The molecule has 4 aliphatic rings. The Morgan fingerprint density at radius 2 is 1.88 bits per heavy atom. The van der Waals surface area contributed by atoms with Crippen LogP contribution in [0.4, 0.5) is 0 Å². The topological polar surface area (TPSA) is 46.5 Å². The Morgan fingerprint density at radius 3 is 2.67 bits per heavy atom. The number of rotatable bonds is 3. The van der Waals surface area contributed by atoms with E-state index in [-0.39, 0.29) is 5.41 Å². The van der Waals surface area contributed by atoms with Gasteiger partial charge in [0.1, 0.15) is 5.78 Å². The number of hydrogen-bond acceptors (Lipinski definition) is 3. The molecule has 1 N–H and O–H groups in total. The highest BCUT2D eigenvalue weighted by molar-refractivity contribution is 5.87. The number of aliphatic hydroxyl groups is 1. The minimum Gasteiger partial charge on any atom is -0.387 e. The van der Waals surface area contributed by atoms with Gasteiger partial charge in [-0.1, -0.05) is 6.92 Å². The fraction of sp³-hybridized carbons (Fsp3) is 0.952. The van der Waals surface area contributed by atoms with Gasteiger partial charge in [-0.2, -0.15) is 0 Å². The van der Waals surface area contributed by atoms with E-state index in [1.54, 1.807) is 0 Å². The third kappa shape index (κ3) is 2.58. The molecule has 0 saturated heterocycles. The van der Waals surface area contributed by atoms with Gasteiger partial charge in [-0.3, -0.25) is 4.79 Å². The molecule has 0 aliphatic heterocycles. The molecular formula is C21H34O3. The molecule has 0 aromatic heterocycles. The van der Waals surface area contributed by atoms with Crippen LogP contribution >= 0.6 is 0 Å². The van der Waals surface area contributed by atoms with Crippen LogP contribution in [0.3, 0.4) is 0 Å². The molecule has 0 amide bonds. The second-order valence-electron chi connectivity index (χ2n) is 9.46. The number of hydrogen-bond donors (Lipinski definition) is 1. The van der Waals surface area contributed by atoms with Crippen molar-refractivity contribution in [2.45, 2.75) is 77.2 Å². The van der Waals surface area contributed by atoms with Gasteiger partial charge < -0.3 is 9.84 Å². The van der Waals surface area contributed by atoms with Crippen LogP contribution in [0.25, 0.3) is 0 Å². The molecule has 0 aromatic rings. The zero-order chi connectivity index (χ0) is 16.9. The number of carbonyl (C=O) groups is 1. The van der Waals surface area contributed by atoms with Crippen LogP contribution in [0.15, 0.2) is 0 Å². The molecule has 4 aliphatic carbocycles. The Kier molecular flexibility index (Phi) is 4.32. The van der Waals surface area contributed by atoms with Gasteiger partial charge in [0.2, 0.25) is 0 Å². The first kappa shape index (κ1) is 17.0. The van der Waals surface area contributed by atoms with Crippen molar-refractivity contribution in [1.82, 2.24) is 0 Å². The Bertz CT molecular complexity index is 503. The van der Waals surface area contributed by atoms with Crippen molar-refractivity contribution in [1.29, 1.82) is 0 Å². The summed E-state index contributed by atoms with van der Waals surface area (Å²) in [6.45, 7) is 5.46. The molecule has 0 radical (unpaired) electrons. The van der Waals surface area contributed by atoms with Gasteiger partial charge in [-0.15, -0.1) is 0 Å². The van der Waals surface area contributed by atoms with Crippen molar-refractivity contribution < 1.29 is 14.6 Å². The van der Waals surface area contributed by atoms with Crippen molar-refractivity contribution in [2.75, 3.05) is 13.2 Å². The fourth-order valence-corrected chi connectivity index (χ4v) is 7.16. The van der Waals surface area contributed by atoms with E-state index in [0.29, 0.717) is 30.8 Å². The summed E-state index contributed by atoms with van der Waals surface area (Å²) in [5.74, 6) is 4.23. The first-order valence-corrected chi connectivity index (χ1v) is 10.3. The van der Waals surface area contributed by atoms with Gasteiger partial charge in [0.05, 0.1) is 12.2 Å². The Labute approximate surface area is 146 Å². The summed E-state index contributed by atoms with van der Waals surface area (Å²) in [6, 6.07) is 0. The largest absolute Gasteiger partial charge is 0.387 e. The molecule has 0 spiro atoms. The molecule has 4 saturated carbocycles. The molecule has 3 nitrogen and oxygen atoms in total. The van der Waals surface area contributed by atoms with E-state index < -0.39 is 5.60 Å². The zero-order valence-electron chi connectivity index (χ0n) is 15.4. The van der Waals surface area contributed by atoms with Gasteiger partial charge in [0.25, 0.3) is 0 Å². The van der Waals surface area contributed by atoms with Gasteiger partial charge in [-0.05, 0) is 87.9 Å². The SMILES string of the molecule is CCOC[C@@]1(O)CC[C@H]2[C@@H](CC[C@@H]3[C@@H]2CC[C@]2(C)C(=O)CC[C@@H]32)C1. The smallest absolute Gasteiger partial charge is 0.139 e. The van der Waals surface area contributed by atoms with E-state index in [1.165, 1.54) is 19.3 Å². The number of carbonyl (C=O) groups excluding carboxylic acids is 1. The minimum absolute atomic E-state index is 0.00161. The van der Waals surface area contributed by atoms with E-state index in [1.807, 2.05) is 6.92 Å². The highest BCUT2D eigenvalue weighted by atomic mass is 16.5. The first-order chi connectivity index (χ1) is 11.5. The highest BCUT2D eigenvalue weighted by Gasteiger charge is 2.57. The summed E-state index contributed by atoms with van der Waals surface area (Å²) in [6.07, 6.45) is 9.85. The van der Waals surface area contributed by atoms with Gasteiger partial charge in [-0.25, -0.2) is 0 Å². The van der Waals surface area contributed by atoms with Gasteiger partial charge in [0, 0.05) is 18.4 Å². The lowest BCUT2D eigenvalue weighted by molar-refractivity contribution is -0.139. The lowest BCUT2D eigenvalue weighted by Gasteiger charge is -2.55. The molecule has 0 heterocycles. The number of ketones is 1. The number of ether oxygens (including phenoxy) is 1. The molecule has 7 atom stereocenters. The summed E-state index contributed by atoms with van der Waals surface area (Å²) in [5.41, 5.74) is -0.588. The molecule has 0 bridgehead atoms. The van der Waals surface area contributed by atoms with Crippen LogP contribution in [-0.2, 0) is 9.53 Å². The minimum atomic E-state index is -0.587. The van der Waals surface area contributed by atoms with E-state index >= 15 is 0 Å². The lowest BCUT2D eigenvalue weighted by Crippen LogP contribution is -2.52. The van der Waals surface area contributed by atoms with E-state index in [2.05, 4.69) is 6.92 Å². The summed E-state index contributed by atoms with van der Waals surface area (Å²) >= 11 is 0. The van der Waals surface area contributed by atoms with Crippen LogP contribution in [0.5, 0.6) is 0 Å². The van der Waals surface area contributed by atoms with Crippen molar-refractivity contribution >= 4 is 5.78 Å². The Hall–Kier alpha value is -0.410. The third-order valence-corrected chi connectivity index (χ3v) is 8.39. The van der Waals surface area contributed by atoms with E-state index in [9.17, 15) is 9.90 Å². The van der Waals surface area contributed by atoms with Crippen molar-refractivity contribution in [3.05, 3.63) is 0 Å². The third-order valence-electron chi connectivity index (χ3n) is 8.39. The molecule has 136 valence electrons. The monoisotopic (exact) mass is 334 g/mol. The Balaban J connectivity index is 1.48. The van der Waals surface area contributed by atoms with Crippen molar-refractivity contribution in [3.63, 3.8) is 0 Å². The lowest BCUT2D eigenvalue weighted by atomic mass is 9.50. The average molecular weight is 335 g/mol. The molecule has 4 rings (SSSR count). The number of fused-ring (bicyclic) bond motifs is 5. The predicted octanol–water partition coefficient (Wildman–Crippen LogP) is 3.98. The van der Waals surface area contributed by atoms with Crippen LogP contribution in [0.1, 0.15) is 71.6 Å². The Morgan fingerprint density at radius 1 is 1.08 bits per heavy atom. The summed E-state index contributed by atoms with van der Waals surface area (Å²) in [7, 11) is 0. The molecule has 24 heavy (non-hydrogen) atoms. The zero-order valence-corrected chi connectivity index (χ0v) is 15.4. The van der Waals surface area contributed by atoms with Crippen molar-refractivity contribution in [3.8, 4) is 0 Å². The maximum Gasteiger partial charge on any atom is 0.139 e. The van der Waals surface area contributed by atoms with Crippen molar-refractivity contribution in [2.24, 2.45) is 35.0 Å². The van der Waals surface area contributed by atoms with Crippen LogP contribution in [0.2, 0.25) is 0 Å². The van der Waals surface area contributed by atoms with Gasteiger partial charge in [0.15, 0.2) is 0 Å². The number of Topliss-reactive ketones (excluding diaryl/α,β-unsaturated/α-hetero) is 1. The maximum absolute atomic E-state index is 12.4. The quantitative estimate of drug-likeness (QED) is 0.849. The highest BCUT2D eigenvalue weighted by Crippen LogP contribution is 2.61.